The number of benzene rings is 3. The number of fused-ring (bicyclic) bond motifs is 1. The van der Waals surface area contributed by atoms with Crippen LogP contribution in [0.15, 0.2) is 71.6 Å². The SMILES string of the molecule is CN(CC(=O)Nc1cccc(N2CCCC2=O)c1)S(=O)(=O)c1ccc2ccccc2c1. The number of nitrogens with zero attached hydrogens (tertiary/aromatic N) is 2. The monoisotopic (exact) mass is 437 g/mol. The lowest BCUT2D eigenvalue weighted by atomic mass is 10.1. The van der Waals surface area contributed by atoms with Gasteiger partial charge in [-0.1, -0.05) is 36.4 Å². The van der Waals surface area contributed by atoms with Crippen molar-refractivity contribution in [3.63, 3.8) is 0 Å². The van der Waals surface area contributed by atoms with E-state index in [1.54, 1.807) is 41.3 Å². The summed E-state index contributed by atoms with van der Waals surface area (Å²) in [5.74, 6) is -0.401. The summed E-state index contributed by atoms with van der Waals surface area (Å²) < 4.78 is 26.9. The van der Waals surface area contributed by atoms with Gasteiger partial charge in [0.15, 0.2) is 0 Å². The smallest absolute Gasteiger partial charge is 0.243 e. The van der Waals surface area contributed by atoms with E-state index in [4.69, 9.17) is 0 Å². The molecule has 0 spiro atoms. The number of amides is 2. The third-order valence-corrected chi connectivity index (χ3v) is 7.11. The number of likely N-dealkylation sites (N-methyl/N-ethyl adjacent to an activating group) is 1. The summed E-state index contributed by atoms with van der Waals surface area (Å²) in [7, 11) is -2.45. The van der Waals surface area contributed by atoms with Gasteiger partial charge in [0.1, 0.15) is 0 Å². The maximum Gasteiger partial charge on any atom is 0.243 e. The Balaban J connectivity index is 1.46. The molecule has 3 aromatic rings. The highest BCUT2D eigenvalue weighted by Gasteiger charge is 2.24. The zero-order valence-electron chi connectivity index (χ0n) is 17.1. The van der Waals surface area contributed by atoms with Crippen molar-refractivity contribution in [1.29, 1.82) is 0 Å². The van der Waals surface area contributed by atoms with Gasteiger partial charge in [0.05, 0.1) is 11.4 Å². The van der Waals surface area contributed by atoms with Gasteiger partial charge in [0, 0.05) is 31.4 Å². The molecule has 160 valence electrons. The van der Waals surface area contributed by atoms with Crippen LogP contribution in [0, 0.1) is 0 Å². The molecule has 1 aliphatic rings. The maximum absolute atomic E-state index is 12.9. The minimum atomic E-state index is -3.83. The average molecular weight is 438 g/mol. The Morgan fingerprint density at radius 3 is 2.55 bits per heavy atom. The molecule has 0 unspecified atom stereocenters. The van der Waals surface area contributed by atoms with Crippen LogP contribution in [0.4, 0.5) is 11.4 Å². The van der Waals surface area contributed by atoms with Crippen LogP contribution in [0.5, 0.6) is 0 Å². The predicted octanol–water partition coefficient (Wildman–Crippen LogP) is 3.23. The third kappa shape index (κ3) is 4.45. The highest BCUT2D eigenvalue weighted by molar-refractivity contribution is 7.89. The fourth-order valence-corrected chi connectivity index (χ4v) is 4.83. The molecule has 0 saturated carbocycles. The first-order valence-corrected chi connectivity index (χ1v) is 11.4. The number of nitrogens with one attached hydrogen (secondary N) is 1. The van der Waals surface area contributed by atoms with Crippen molar-refractivity contribution in [2.45, 2.75) is 17.7 Å². The molecular formula is C23H23N3O4S. The van der Waals surface area contributed by atoms with E-state index < -0.39 is 15.9 Å². The molecule has 1 N–H and O–H groups in total. The second-order valence-corrected chi connectivity index (χ2v) is 9.56. The van der Waals surface area contributed by atoms with Gasteiger partial charge in [0.2, 0.25) is 21.8 Å². The number of hydrogen-bond donors (Lipinski definition) is 1. The van der Waals surface area contributed by atoms with Gasteiger partial charge in [0.25, 0.3) is 0 Å². The van der Waals surface area contributed by atoms with E-state index in [-0.39, 0.29) is 17.3 Å². The largest absolute Gasteiger partial charge is 0.325 e. The number of anilines is 2. The molecule has 0 atom stereocenters. The summed E-state index contributed by atoms with van der Waals surface area (Å²) >= 11 is 0. The lowest BCUT2D eigenvalue weighted by molar-refractivity contribution is -0.117. The van der Waals surface area contributed by atoms with Gasteiger partial charge >= 0.3 is 0 Å². The van der Waals surface area contributed by atoms with E-state index in [0.717, 1.165) is 27.2 Å². The zero-order valence-corrected chi connectivity index (χ0v) is 17.9. The molecule has 4 rings (SSSR count). The zero-order chi connectivity index (χ0) is 22.0. The normalized spacial score (nSPS) is 14.4. The van der Waals surface area contributed by atoms with Crippen molar-refractivity contribution in [2.24, 2.45) is 0 Å². The number of carbonyl (C=O) groups is 2. The Kier molecular flexibility index (Phi) is 5.75. The summed E-state index contributed by atoms with van der Waals surface area (Å²) in [5, 5.41) is 4.48. The van der Waals surface area contributed by atoms with E-state index in [9.17, 15) is 18.0 Å². The quantitative estimate of drug-likeness (QED) is 0.642. The maximum atomic E-state index is 12.9. The van der Waals surface area contributed by atoms with Gasteiger partial charge in [-0.2, -0.15) is 4.31 Å². The molecular weight excluding hydrogens is 414 g/mol. The van der Waals surface area contributed by atoms with Crippen LogP contribution in [0.1, 0.15) is 12.8 Å². The summed E-state index contributed by atoms with van der Waals surface area (Å²) in [5.41, 5.74) is 1.23. The summed E-state index contributed by atoms with van der Waals surface area (Å²) in [6, 6.07) is 19.4. The lowest BCUT2D eigenvalue weighted by Gasteiger charge is -2.19. The lowest BCUT2D eigenvalue weighted by Crippen LogP contribution is -2.35. The summed E-state index contributed by atoms with van der Waals surface area (Å²) in [6.07, 6.45) is 1.33. The molecule has 3 aromatic carbocycles. The van der Waals surface area contributed by atoms with E-state index in [0.29, 0.717) is 18.7 Å². The number of hydrogen-bond acceptors (Lipinski definition) is 4. The van der Waals surface area contributed by atoms with Gasteiger partial charge in [-0.3, -0.25) is 9.59 Å². The number of rotatable bonds is 6. The number of sulfonamides is 1. The van der Waals surface area contributed by atoms with E-state index in [1.165, 1.54) is 7.05 Å². The van der Waals surface area contributed by atoms with Crippen LogP contribution in [-0.4, -0.2) is 44.7 Å². The Hall–Kier alpha value is -3.23. The van der Waals surface area contributed by atoms with Crippen molar-refractivity contribution in [3.05, 3.63) is 66.7 Å². The second-order valence-electron chi connectivity index (χ2n) is 7.52. The van der Waals surface area contributed by atoms with Gasteiger partial charge in [-0.25, -0.2) is 8.42 Å². The van der Waals surface area contributed by atoms with Gasteiger partial charge in [-0.15, -0.1) is 0 Å². The Labute approximate surface area is 181 Å². The Morgan fingerprint density at radius 1 is 1.03 bits per heavy atom. The van der Waals surface area contributed by atoms with Crippen LogP contribution >= 0.6 is 0 Å². The van der Waals surface area contributed by atoms with Crippen LogP contribution in [0.25, 0.3) is 10.8 Å². The van der Waals surface area contributed by atoms with E-state index in [2.05, 4.69) is 5.32 Å². The molecule has 0 radical (unpaired) electrons. The fourth-order valence-electron chi connectivity index (χ4n) is 3.67. The van der Waals surface area contributed by atoms with Crippen molar-refractivity contribution < 1.29 is 18.0 Å². The minimum absolute atomic E-state index is 0.0599. The standard InChI is InChI=1S/C23H23N3O4S/c1-25(31(29,30)21-12-11-17-6-2-3-7-18(17)14-21)16-22(27)24-19-8-4-9-20(15-19)26-13-5-10-23(26)28/h2-4,6-9,11-12,14-15H,5,10,13,16H2,1H3,(H,24,27). The molecule has 2 amide bonds. The molecule has 7 nitrogen and oxygen atoms in total. The average Bonchev–Trinajstić information content (AvgIpc) is 3.19. The van der Waals surface area contributed by atoms with E-state index in [1.807, 2.05) is 30.3 Å². The third-order valence-electron chi connectivity index (χ3n) is 5.31. The molecule has 1 fully saturated rings. The molecule has 1 heterocycles. The predicted molar refractivity (Wildman–Crippen MR) is 120 cm³/mol. The molecule has 31 heavy (non-hydrogen) atoms. The van der Waals surface area contributed by atoms with Crippen LogP contribution in [0.3, 0.4) is 0 Å². The second kappa shape index (κ2) is 8.49. The van der Waals surface area contributed by atoms with Crippen LogP contribution in [0.2, 0.25) is 0 Å². The van der Waals surface area contributed by atoms with E-state index >= 15 is 0 Å². The number of carbonyl (C=O) groups excluding carboxylic acids is 2. The summed E-state index contributed by atoms with van der Waals surface area (Å²) in [4.78, 5) is 26.3. The molecule has 0 aromatic heterocycles. The van der Waals surface area contributed by atoms with Gasteiger partial charge in [-0.05, 0) is 47.5 Å². The van der Waals surface area contributed by atoms with Crippen molar-refractivity contribution in [2.75, 3.05) is 30.4 Å². The van der Waals surface area contributed by atoms with Crippen LogP contribution in [-0.2, 0) is 19.6 Å². The first kappa shape index (κ1) is 21.0. The fraction of sp³-hybridized carbons (Fsp3) is 0.217. The van der Waals surface area contributed by atoms with Gasteiger partial charge < -0.3 is 10.2 Å². The molecule has 0 bridgehead atoms. The summed E-state index contributed by atoms with van der Waals surface area (Å²) in [6.45, 7) is 0.324. The first-order valence-electron chi connectivity index (χ1n) is 10.00. The van der Waals surface area contributed by atoms with Crippen molar-refractivity contribution in [3.8, 4) is 0 Å². The molecule has 1 aliphatic heterocycles. The molecule has 1 saturated heterocycles. The Morgan fingerprint density at radius 2 is 1.81 bits per heavy atom. The van der Waals surface area contributed by atoms with Crippen LogP contribution < -0.4 is 10.2 Å². The molecule has 0 aliphatic carbocycles. The Bertz CT molecular complexity index is 1260. The minimum Gasteiger partial charge on any atom is -0.325 e. The highest BCUT2D eigenvalue weighted by atomic mass is 32.2. The highest BCUT2D eigenvalue weighted by Crippen LogP contribution is 2.25. The van der Waals surface area contributed by atoms with Crippen molar-refractivity contribution >= 4 is 44.0 Å². The first-order chi connectivity index (χ1) is 14.8. The van der Waals surface area contributed by atoms with Crippen molar-refractivity contribution in [1.82, 2.24) is 4.31 Å². The molecule has 8 heteroatoms. The topological polar surface area (TPSA) is 86.8 Å².